The molecule has 0 bridgehead atoms. The lowest BCUT2D eigenvalue weighted by atomic mass is 10.0. The summed E-state index contributed by atoms with van der Waals surface area (Å²) in [5.74, 6) is -0.680. The number of pyridine rings is 1. The van der Waals surface area contributed by atoms with Crippen LogP contribution in [0.3, 0.4) is 0 Å². The van der Waals surface area contributed by atoms with E-state index < -0.39 is 11.4 Å². The summed E-state index contributed by atoms with van der Waals surface area (Å²) in [5.41, 5.74) is 6.86. The highest BCUT2D eigenvalue weighted by Gasteiger charge is 2.32. The van der Waals surface area contributed by atoms with Crippen LogP contribution in [0.5, 0.6) is 0 Å². The van der Waals surface area contributed by atoms with E-state index in [4.69, 9.17) is 5.73 Å². The van der Waals surface area contributed by atoms with E-state index >= 15 is 0 Å². The molecule has 0 fully saturated rings. The van der Waals surface area contributed by atoms with Crippen LogP contribution in [0.15, 0.2) is 30.6 Å². The number of hydrogen-bond donors (Lipinski definition) is 2. The smallest absolute Gasteiger partial charge is 0.242 e. The normalized spacial score (nSPS) is 10.6. The van der Waals surface area contributed by atoms with Gasteiger partial charge in [0.2, 0.25) is 11.8 Å². The molecule has 2 aromatic rings. The second kappa shape index (κ2) is 8.96. The van der Waals surface area contributed by atoms with E-state index in [1.165, 1.54) is 4.90 Å². The minimum Gasteiger partial charge on any atom is -0.368 e. The van der Waals surface area contributed by atoms with Gasteiger partial charge in [0, 0.05) is 37.1 Å². The zero-order valence-electron chi connectivity index (χ0n) is 15.5. The molecule has 0 aromatic carbocycles. The van der Waals surface area contributed by atoms with Crippen LogP contribution in [0.2, 0.25) is 0 Å². The molecule has 0 saturated heterocycles. The number of rotatable bonds is 6. The number of H-pyrrole nitrogens is 1. The molecule has 136 valence electrons. The molecule has 2 aromatic heterocycles. The summed E-state index contributed by atoms with van der Waals surface area (Å²) in [6.07, 6.45) is 4.20. The van der Waals surface area contributed by atoms with E-state index in [1.807, 2.05) is 32.0 Å². The van der Waals surface area contributed by atoms with E-state index in [9.17, 15) is 9.59 Å². The quantitative estimate of drug-likeness (QED) is 0.837. The zero-order chi connectivity index (χ0) is 19.0. The lowest BCUT2D eigenvalue weighted by Crippen LogP contribution is -2.53. The molecule has 0 aliphatic rings. The summed E-state index contributed by atoms with van der Waals surface area (Å²) in [5, 5.41) is 7.14. The van der Waals surface area contributed by atoms with Crippen molar-refractivity contribution in [1.82, 2.24) is 20.1 Å². The van der Waals surface area contributed by atoms with Crippen LogP contribution in [0, 0.1) is 0 Å². The molecular formula is C18H27N5O2. The van der Waals surface area contributed by atoms with E-state index in [2.05, 4.69) is 15.2 Å². The summed E-state index contributed by atoms with van der Waals surface area (Å²) in [7, 11) is 1.58. The fourth-order valence-corrected chi connectivity index (χ4v) is 2.04. The number of nitrogens with zero attached hydrogens (tertiary/aromatic N) is 3. The van der Waals surface area contributed by atoms with Crippen LogP contribution >= 0.6 is 0 Å². The Bertz CT molecular complexity index is 695. The standard InChI is InChI=1S/C16H21N5O2.C2H6/c1-16(2,15(17)23)21(3)14(22)7-6-12-9-13(20-19-12)11-5-4-8-18-10-11;1-2/h4-5,8-10H,6-7H2,1-3H3,(H2,17,23)(H,19,20);1-2H3. The maximum absolute atomic E-state index is 12.2. The number of carbonyl (C=O) groups excluding carboxylic acids is 2. The third-order valence-electron chi connectivity index (χ3n) is 4.01. The lowest BCUT2D eigenvalue weighted by molar-refractivity contribution is -0.142. The van der Waals surface area contributed by atoms with Gasteiger partial charge in [-0.1, -0.05) is 13.8 Å². The number of aryl methyl sites for hydroxylation is 1. The molecule has 7 nitrogen and oxygen atoms in total. The summed E-state index contributed by atoms with van der Waals surface area (Å²) in [6.45, 7) is 7.26. The first kappa shape index (κ1) is 20.3. The summed E-state index contributed by atoms with van der Waals surface area (Å²) in [4.78, 5) is 29.1. The Morgan fingerprint density at radius 1 is 1.32 bits per heavy atom. The Morgan fingerprint density at radius 3 is 2.56 bits per heavy atom. The van der Waals surface area contributed by atoms with E-state index in [0.717, 1.165) is 17.0 Å². The van der Waals surface area contributed by atoms with Crippen molar-refractivity contribution in [3.8, 4) is 11.3 Å². The van der Waals surface area contributed by atoms with E-state index in [-0.39, 0.29) is 12.3 Å². The molecule has 0 saturated carbocycles. The van der Waals surface area contributed by atoms with Crippen LogP contribution in [0.1, 0.15) is 39.8 Å². The molecule has 3 N–H and O–H groups in total. The molecule has 7 heteroatoms. The SMILES string of the molecule is CC.CN(C(=O)CCc1cc(-c2cccnc2)n[nH]1)C(C)(C)C(N)=O. The topological polar surface area (TPSA) is 105 Å². The van der Waals surface area contributed by atoms with Gasteiger partial charge in [-0.3, -0.25) is 19.7 Å². The van der Waals surface area contributed by atoms with Crippen molar-refractivity contribution in [3.05, 3.63) is 36.3 Å². The first-order valence-corrected chi connectivity index (χ1v) is 8.33. The highest BCUT2D eigenvalue weighted by molar-refractivity contribution is 5.89. The van der Waals surface area contributed by atoms with Crippen molar-refractivity contribution >= 4 is 11.8 Å². The second-order valence-corrected chi connectivity index (χ2v) is 5.90. The van der Waals surface area contributed by atoms with Gasteiger partial charge in [-0.05, 0) is 38.5 Å². The fraction of sp³-hybridized carbons (Fsp3) is 0.444. The second-order valence-electron chi connectivity index (χ2n) is 5.90. The number of likely N-dealkylation sites (N-methyl/N-ethyl adjacent to an activating group) is 1. The summed E-state index contributed by atoms with van der Waals surface area (Å²) in [6, 6.07) is 5.65. The Kier molecular flexibility index (Phi) is 7.29. The number of primary amides is 1. The van der Waals surface area contributed by atoms with Crippen LogP contribution in [0.25, 0.3) is 11.3 Å². The molecule has 2 heterocycles. The Labute approximate surface area is 148 Å². The van der Waals surface area contributed by atoms with Crippen molar-refractivity contribution in [1.29, 1.82) is 0 Å². The third-order valence-corrected chi connectivity index (χ3v) is 4.01. The molecule has 25 heavy (non-hydrogen) atoms. The highest BCUT2D eigenvalue weighted by Crippen LogP contribution is 2.18. The van der Waals surface area contributed by atoms with Crippen molar-refractivity contribution in [3.63, 3.8) is 0 Å². The average Bonchev–Trinajstić information content (AvgIpc) is 3.10. The molecule has 2 rings (SSSR count). The predicted octanol–water partition coefficient (Wildman–Crippen LogP) is 2.15. The molecule has 2 amide bonds. The zero-order valence-corrected chi connectivity index (χ0v) is 15.5. The first-order chi connectivity index (χ1) is 11.8. The minimum atomic E-state index is -1.01. The Hall–Kier alpha value is -2.70. The van der Waals surface area contributed by atoms with Gasteiger partial charge in [0.15, 0.2) is 0 Å². The van der Waals surface area contributed by atoms with Crippen LogP contribution in [0.4, 0.5) is 0 Å². The molecule has 0 spiro atoms. The number of aromatic amines is 1. The average molecular weight is 345 g/mol. The third kappa shape index (κ3) is 5.14. The number of amides is 2. The number of aromatic nitrogens is 3. The molecule has 0 unspecified atom stereocenters. The molecule has 0 atom stereocenters. The van der Waals surface area contributed by atoms with Crippen LogP contribution < -0.4 is 5.73 Å². The Balaban J connectivity index is 0.00000151. The van der Waals surface area contributed by atoms with Gasteiger partial charge in [0.25, 0.3) is 0 Å². The molecular weight excluding hydrogens is 318 g/mol. The molecule has 0 radical (unpaired) electrons. The van der Waals surface area contributed by atoms with Crippen molar-refractivity contribution in [2.24, 2.45) is 5.73 Å². The van der Waals surface area contributed by atoms with E-state index in [0.29, 0.717) is 6.42 Å². The fourth-order valence-electron chi connectivity index (χ4n) is 2.04. The largest absolute Gasteiger partial charge is 0.368 e. The summed E-state index contributed by atoms with van der Waals surface area (Å²) >= 11 is 0. The van der Waals surface area contributed by atoms with Gasteiger partial charge >= 0.3 is 0 Å². The van der Waals surface area contributed by atoms with Crippen LogP contribution in [-0.4, -0.2) is 44.5 Å². The van der Waals surface area contributed by atoms with Crippen molar-refractivity contribution < 1.29 is 9.59 Å². The van der Waals surface area contributed by atoms with Gasteiger partial charge in [-0.25, -0.2) is 0 Å². The van der Waals surface area contributed by atoms with Gasteiger partial charge < -0.3 is 10.6 Å². The maximum Gasteiger partial charge on any atom is 0.242 e. The number of hydrogen-bond acceptors (Lipinski definition) is 4. The Morgan fingerprint density at radius 2 is 2.00 bits per heavy atom. The monoisotopic (exact) mass is 345 g/mol. The van der Waals surface area contributed by atoms with Crippen molar-refractivity contribution in [2.45, 2.75) is 46.1 Å². The van der Waals surface area contributed by atoms with Crippen molar-refractivity contribution in [2.75, 3.05) is 7.05 Å². The highest BCUT2D eigenvalue weighted by atomic mass is 16.2. The maximum atomic E-state index is 12.2. The lowest BCUT2D eigenvalue weighted by Gasteiger charge is -2.32. The van der Waals surface area contributed by atoms with Gasteiger partial charge in [0.1, 0.15) is 5.54 Å². The van der Waals surface area contributed by atoms with Gasteiger partial charge in [-0.2, -0.15) is 5.10 Å². The first-order valence-electron chi connectivity index (χ1n) is 8.33. The summed E-state index contributed by atoms with van der Waals surface area (Å²) < 4.78 is 0. The van der Waals surface area contributed by atoms with E-state index in [1.54, 1.807) is 33.3 Å². The number of nitrogens with two attached hydrogens (primary N) is 1. The molecule has 0 aliphatic heterocycles. The van der Waals surface area contributed by atoms with Crippen LogP contribution in [-0.2, 0) is 16.0 Å². The predicted molar refractivity (Wildman–Crippen MR) is 97.5 cm³/mol. The van der Waals surface area contributed by atoms with Gasteiger partial charge in [0.05, 0.1) is 5.69 Å². The molecule has 0 aliphatic carbocycles. The minimum absolute atomic E-state index is 0.147. The number of carbonyl (C=O) groups is 2. The number of nitrogens with one attached hydrogen (secondary N) is 1. The van der Waals surface area contributed by atoms with Gasteiger partial charge in [-0.15, -0.1) is 0 Å².